The van der Waals surface area contributed by atoms with Gasteiger partial charge < -0.3 is 19.7 Å². The van der Waals surface area contributed by atoms with Crippen LogP contribution in [0.5, 0.6) is 0 Å². The van der Waals surface area contributed by atoms with Crippen LogP contribution in [0.25, 0.3) is 10.9 Å². The molecular weight excluding hydrogens is 508 g/mol. The van der Waals surface area contributed by atoms with Crippen LogP contribution in [0.1, 0.15) is 70.8 Å². The lowest BCUT2D eigenvalue weighted by Crippen LogP contribution is -2.48. The van der Waals surface area contributed by atoms with E-state index in [0.717, 1.165) is 44.1 Å². The fraction of sp³-hybridized carbons (Fsp3) is 0.647. The number of hydrogen-bond acceptors (Lipinski definition) is 4. The summed E-state index contributed by atoms with van der Waals surface area (Å²) in [5.41, 5.74) is 5.55. The summed E-state index contributed by atoms with van der Waals surface area (Å²) in [5, 5.41) is 4.01. The third kappa shape index (κ3) is 8.01. The average molecular weight is 563 g/mol. The summed E-state index contributed by atoms with van der Waals surface area (Å²) in [6.45, 7) is 9.50. The van der Waals surface area contributed by atoms with E-state index in [2.05, 4.69) is 97.1 Å². The highest BCUT2D eigenvalue weighted by Crippen LogP contribution is 2.36. The minimum absolute atomic E-state index is 0.0417. The van der Waals surface area contributed by atoms with Gasteiger partial charge >= 0.3 is 6.03 Å². The number of amides is 2. The van der Waals surface area contributed by atoms with Crippen LogP contribution in [0, 0.1) is 12.8 Å². The highest BCUT2D eigenvalue weighted by molar-refractivity contribution is 5.83. The molecule has 7 nitrogen and oxygen atoms in total. The quantitative estimate of drug-likeness (QED) is 0.414. The van der Waals surface area contributed by atoms with Crippen molar-refractivity contribution >= 4 is 23.1 Å². The summed E-state index contributed by atoms with van der Waals surface area (Å²) in [6.07, 6.45) is 15.4. The van der Waals surface area contributed by atoms with Crippen molar-refractivity contribution < 1.29 is 4.79 Å². The van der Waals surface area contributed by atoms with Gasteiger partial charge in [0.25, 0.3) is 0 Å². The van der Waals surface area contributed by atoms with E-state index in [1.807, 2.05) is 6.21 Å². The molecule has 7 heteroatoms. The van der Waals surface area contributed by atoms with Gasteiger partial charge in [-0.2, -0.15) is 0 Å². The first-order valence-corrected chi connectivity index (χ1v) is 15.8. The highest BCUT2D eigenvalue weighted by atomic mass is 16.2. The Hall–Kier alpha value is -2.64. The van der Waals surface area contributed by atoms with Gasteiger partial charge in [0.2, 0.25) is 0 Å². The van der Waals surface area contributed by atoms with E-state index in [9.17, 15) is 4.79 Å². The number of likely N-dealkylation sites (N-methyl/N-ethyl adjacent to an activating group) is 2. The van der Waals surface area contributed by atoms with E-state index in [-0.39, 0.29) is 6.03 Å². The maximum absolute atomic E-state index is 10.4. The fourth-order valence-corrected chi connectivity index (χ4v) is 6.89. The molecule has 2 amide bonds. The van der Waals surface area contributed by atoms with Crippen LogP contribution in [-0.4, -0.2) is 90.4 Å². The van der Waals surface area contributed by atoms with Gasteiger partial charge in [-0.3, -0.25) is 9.89 Å². The molecule has 41 heavy (non-hydrogen) atoms. The molecule has 4 atom stereocenters. The van der Waals surface area contributed by atoms with E-state index in [4.69, 9.17) is 0 Å². The van der Waals surface area contributed by atoms with Crippen molar-refractivity contribution in [1.82, 2.24) is 24.6 Å². The first kappa shape index (κ1) is 31.3. The number of aliphatic imine (C=N–C) groups is 1. The van der Waals surface area contributed by atoms with Crippen molar-refractivity contribution in [1.29, 1.82) is 0 Å². The Morgan fingerprint density at radius 1 is 0.951 bits per heavy atom. The third-order valence-corrected chi connectivity index (χ3v) is 9.90. The summed E-state index contributed by atoms with van der Waals surface area (Å²) in [7, 11) is 8.35. The number of aryl methyl sites for hydroxylation is 2. The average Bonchev–Trinajstić information content (AvgIpc) is 3.67. The topological polar surface area (TPSA) is 56.1 Å². The Kier molecular flexibility index (Phi) is 11.1. The number of rotatable bonds is 0. The number of fused-ring (bicyclic) bond motifs is 2. The van der Waals surface area contributed by atoms with E-state index >= 15 is 0 Å². The normalized spacial score (nSPS) is 27.6. The molecule has 1 aromatic heterocycles. The third-order valence-electron chi connectivity index (χ3n) is 9.90. The summed E-state index contributed by atoms with van der Waals surface area (Å²) < 4.78 is 2.16. The lowest BCUT2D eigenvalue weighted by atomic mass is 9.77. The lowest BCUT2D eigenvalue weighted by Gasteiger charge is -2.45. The molecular formula is C34H54N6O. The molecule has 7 rings (SSSR count). The maximum atomic E-state index is 10.4. The zero-order chi connectivity index (χ0) is 29.5. The molecule has 1 N–H and O–H groups in total. The summed E-state index contributed by atoms with van der Waals surface area (Å²) >= 11 is 0. The van der Waals surface area contributed by atoms with Crippen molar-refractivity contribution in [2.75, 3.05) is 40.8 Å². The zero-order valence-corrected chi connectivity index (χ0v) is 26.7. The van der Waals surface area contributed by atoms with Crippen LogP contribution in [0.4, 0.5) is 4.79 Å². The molecule has 5 aliphatic rings. The van der Waals surface area contributed by atoms with Crippen molar-refractivity contribution in [3.63, 3.8) is 0 Å². The molecule has 0 bridgehead atoms. The van der Waals surface area contributed by atoms with Gasteiger partial charge in [0.1, 0.15) is 0 Å². The van der Waals surface area contributed by atoms with Crippen LogP contribution in [0.3, 0.4) is 0 Å². The molecule has 4 aliphatic heterocycles. The van der Waals surface area contributed by atoms with Crippen LogP contribution in [0.2, 0.25) is 0 Å². The number of hydrogen-bond donors (Lipinski definition) is 1. The van der Waals surface area contributed by atoms with Crippen LogP contribution < -0.4 is 5.32 Å². The second-order valence-electron chi connectivity index (χ2n) is 12.8. The fourth-order valence-electron chi connectivity index (χ4n) is 6.89. The summed E-state index contributed by atoms with van der Waals surface area (Å²) in [4.78, 5) is 21.4. The first-order valence-electron chi connectivity index (χ1n) is 15.8. The van der Waals surface area contributed by atoms with Crippen LogP contribution in [0.15, 0.2) is 46.7 Å². The van der Waals surface area contributed by atoms with Gasteiger partial charge in [-0.15, -0.1) is 0 Å². The molecule has 0 spiro atoms. The Bertz CT molecular complexity index is 1180. The number of nitrogens with zero attached hydrogens (tertiary/aromatic N) is 5. The second kappa shape index (κ2) is 14.5. The molecule has 3 fully saturated rings. The van der Waals surface area contributed by atoms with Crippen molar-refractivity contribution in [3.05, 3.63) is 47.3 Å². The number of likely N-dealkylation sites (tertiary alicyclic amines) is 1. The summed E-state index contributed by atoms with van der Waals surface area (Å²) in [5.74, 6) is 1.04. The monoisotopic (exact) mass is 562 g/mol. The number of nitrogens with one attached hydrogen (secondary N) is 1. The molecule has 1 saturated carbocycles. The van der Waals surface area contributed by atoms with Gasteiger partial charge in [-0.25, -0.2) is 4.79 Å². The first-order chi connectivity index (χ1) is 19.7. The van der Waals surface area contributed by atoms with Gasteiger partial charge in [-0.05, 0) is 90.1 Å². The molecule has 0 radical (unpaired) electrons. The Labute approximate surface area is 248 Å². The number of para-hydroxylation sites is 1. The van der Waals surface area contributed by atoms with Crippen molar-refractivity contribution in [3.8, 4) is 0 Å². The van der Waals surface area contributed by atoms with Crippen LogP contribution in [-0.2, 0) is 7.05 Å². The highest BCUT2D eigenvalue weighted by Gasteiger charge is 2.34. The molecule has 2 aromatic rings. The number of carbonyl (C=O) groups excluding carboxylic acids is 1. The molecule has 226 valence electrons. The number of piperidine rings is 1. The van der Waals surface area contributed by atoms with E-state index in [0.29, 0.717) is 6.04 Å². The molecule has 1 aliphatic carbocycles. The second-order valence-corrected chi connectivity index (χ2v) is 12.8. The SMILES string of the molecule is CC1CC2=C(CN1C)N=CC2.CC1CCC2CCCCC2N1C.CN1CCNC1=O.Cc1cn(C)c2ccccc12. The Balaban J connectivity index is 0.000000128. The van der Waals surface area contributed by atoms with E-state index in [1.54, 1.807) is 17.5 Å². The minimum atomic E-state index is 0.0417. The van der Waals surface area contributed by atoms with E-state index in [1.165, 1.54) is 67.1 Å². The van der Waals surface area contributed by atoms with Gasteiger partial charge in [0.15, 0.2) is 0 Å². The molecule has 5 heterocycles. The Morgan fingerprint density at radius 2 is 1.71 bits per heavy atom. The number of benzene rings is 1. The molecule has 2 saturated heterocycles. The van der Waals surface area contributed by atoms with Crippen LogP contribution >= 0.6 is 0 Å². The molecule has 1 aromatic carbocycles. The van der Waals surface area contributed by atoms with Crippen molar-refractivity contribution in [2.24, 2.45) is 18.0 Å². The maximum Gasteiger partial charge on any atom is 0.317 e. The van der Waals surface area contributed by atoms with Gasteiger partial charge in [-0.1, -0.05) is 31.0 Å². The number of carbonyl (C=O) groups is 1. The predicted molar refractivity (Wildman–Crippen MR) is 173 cm³/mol. The zero-order valence-electron chi connectivity index (χ0n) is 26.7. The van der Waals surface area contributed by atoms with E-state index < -0.39 is 0 Å². The van der Waals surface area contributed by atoms with Gasteiger partial charge in [0.05, 0.1) is 5.70 Å². The smallest absolute Gasteiger partial charge is 0.317 e. The largest absolute Gasteiger partial charge is 0.350 e. The Morgan fingerprint density at radius 3 is 2.39 bits per heavy atom. The number of aromatic nitrogens is 1. The molecule has 4 unspecified atom stereocenters. The lowest BCUT2D eigenvalue weighted by molar-refractivity contribution is 0.0447. The van der Waals surface area contributed by atoms with Crippen molar-refractivity contribution in [2.45, 2.75) is 90.3 Å². The summed E-state index contributed by atoms with van der Waals surface area (Å²) in [6, 6.07) is 11.0. The number of urea groups is 1. The predicted octanol–water partition coefficient (Wildman–Crippen LogP) is 6.23. The minimum Gasteiger partial charge on any atom is -0.350 e. The standard InChI is InChI=1S/C11H21N.C10H11N.C9H14N2.C4H8N2O/c1-9-7-8-10-5-3-4-6-11(10)12(9)2;1-8-7-11(2)10-6-4-3-5-9(8)10;1-7-5-8-3-4-10-9(8)6-11(7)2;1-6-3-2-5-4(6)7/h9-11H,3-8H2,1-2H3;3-7H,1-2H3;4,7H,3,5-6H2,1-2H3;2-3H2,1H3,(H,5,7). The van der Waals surface area contributed by atoms with Gasteiger partial charge in [0, 0.05) is 81.6 Å².